The van der Waals surface area contributed by atoms with Gasteiger partial charge in [0.2, 0.25) is 0 Å². The zero-order valence-corrected chi connectivity index (χ0v) is 42.2. The van der Waals surface area contributed by atoms with Crippen LogP contribution in [0.4, 0.5) is 0 Å². The van der Waals surface area contributed by atoms with Crippen LogP contribution in [0.3, 0.4) is 0 Å². The molecule has 0 fully saturated rings. The molecule has 0 bridgehead atoms. The first-order valence-electron chi connectivity index (χ1n) is 21.4. The van der Waals surface area contributed by atoms with Crippen LogP contribution in [-0.4, -0.2) is 26.1 Å². The van der Waals surface area contributed by atoms with Gasteiger partial charge in [-0.05, 0) is 69.6 Å². The summed E-state index contributed by atoms with van der Waals surface area (Å²) in [5.41, 5.74) is 13.5. The van der Waals surface area contributed by atoms with Crippen LogP contribution in [-0.2, 0) is 32.9 Å². The maximum absolute atomic E-state index is 6.45. The smallest absolute Gasteiger partial charge is 0.121 e. The average Bonchev–Trinajstić information content (AvgIpc) is 3.58. The SMILES string of the molecule is CC(C)(C)Cc1ccnc(-c2[c-]ccc3c2oc2cc(-c4ccc([Si](C)(C)C)cc4)ccc23)c1.CC(C)Cc1cc(-c2[c-]ccc(-c3ccccc3)c2)ncc1[Si](C)(C)C.[Ir]. The number of hydrogen-bond acceptors (Lipinski definition) is 3. The number of fused-ring (bicyclic) bond motifs is 3. The van der Waals surface area contributed by atoms with Crippen LogP contribution < -0.4 is 10.4 Å². The number of furan rings is 1. The van der Waals surface area contributed by atoms with Crippen LogP contribution >= 0.6 is 0 Å². The largest absolute Gasteiger partial charge is 0.501 e. The van der Waals surface area contributed by atoms with Gasteiger partial charge >= 0.3 is 0 Å². The van der Waals surface area contributed by atoms with Crippen LogP contribution in [0.2, 0.25) is 39.3 Å². The summed E-state index contributed by atoms with van der Waals surface area (Å²) in [5.74, 6) is 0.639. The Hall–Kier alpha value is -4.72. The summed E-state index contributed by atoms with van der Waals surface area (Å²) in [6.07, 6.45) is 6.13. The molecule has 8 aromatic rings. The van der Waals surface area contributed by atoms with Crippen molar-refractivity contribution in [3.63, 3.8) is 0 Å². The van der Waals surface area contributed by atoms with Crippen molar-refractivity contribution in [1.29, 1.82) is 0 Å². The first-order chi connectivity index (χ1) is 28.4. The Morgan fingerprint density at radius 2 is 1.31 bits per heavy atom. The monoisotopic (exact) mass is 1010 g/mol. The van der Waals surface area contributed by atoms with E-state index in [9.17, 15) is 0 Å². The van der Waals surface area contributed by atoms with Crippen LogP contribution in [0.1, 0.15) is 45.7 Å². The van der Waals surface area contributed by atoms with E-state index >= 15 is 0 Å². The molecule has 0 saturated carbocycles. The zero-order chi connectivity index (χ0) is 42.8. The molecule has 3 aromatic heterocycles. The maximum Gasteiger partial charge on any atom is 0.121 e. The quantitative estimate of drug-likeness (QED) is 0.107. The summed E-state index contributed by atoms with van der Waals surface area (Å²) in [6, 6.07) is 49.8. The Balaban J connectivity index is 0.000000208. The second-order valence-corrected chi connectivity index (χ2v) is 30.1. The first-order valence-corrected chi connectivity index (χ1v) is 28.4. The first kappa shape index (κ1) is 45.8. The molecule has 3 heterocycles. The average molecular weight is 1010 g/mol. The predicted octanol–water partition coefficient (Wildman–Crippen LogP) is 14.2. The van der Waals surface area contributed by atoms with E-state index in [2.05, 4.69) is 200 Å². The molecule has 8 rings (SSSR count). The Morgan fingerprint density at radius 3 is 1.98 bits per heavy atom. The van der Waals surface area contributed by atoms with Crippen molar-refractivity contribution < 1.29 is 24.5 Å². The minimum Gasteiger partial charge on any atom is -0.501 e. The van der Waals surface area contributed by atoms with Gasteiger partial charge in [0, 0.05) is 37.9 Å². The minimum absolute atomic E-state index is 0. The minimum atomic E-state index is -1.40. The summed E-state index contributed by atoms with van der Waals surface area (Å²) in [7, 11) is -2.71. The molecule has 0 atom stereocenters. The number of benzene rings is 5. The summed E-state index contributed by atoms with van der Waals surface area (Å²) >= 11 is 0. The standard InChI is InChI=1S/C31H32NOSi.C24H28NSi.Ir/c1-31(2,3)20-21-16-17-32-28(18-21)27-9-7-8-26-25-15-12-23(19-29(25)33-30(26)27)22-10-13-24(14-11-22)34(4,5)6;1-18(2)14-22-16-23(25-17-24(22)26(3,4)5)21-13-9-12-20(15-21)19-10-7-6-8-11-19;/h7-8,10-19H,20H2,1-6H3;6-12,15-18H,14H2,1-5H3;/q2*-1;. The molecule has 0 spiro atoms. The van der Waals surface area contributed by atoms with Crippen molar-refractivity contribution in [2.75, 3.05) is 0 Å². The Morgan fingerprint density at radius 1 is 0.639 bits per heavy atom. The molecule has 0 aliphatic rings. The van der Waals surface area contributed by atoms with Crippen LogP contribution in [0.25, 0.3) is 66.7 Å². The molecule has 0 aliphatic heterocycles. The van der Waals surface area contributed by atoms with Crippen molar-refractivity contribution in [3.05, 3.63) is 157 Å². The fraction of sp³-hybridized carbons (Fsp3) is 0.273. The summed E-state index contributed by atoms with van der Waals surface area (Å²) in [6.45, 7) is 25.7. The van der Waals surface area contributed by atoms with Crippen molar-refractivity contribution in [1.82, 2.24) is 9.97 Å². The Bertz CT molecular complexity index is 2730. The molecular weight excluding hydrogens is 953 g/mol. The van der Waals surface area contributed by atoms with Gasteiger partial charge in [0.05, 0.1) is 21.7 Å². The van der Waals surface area contributed by atoms with E-state index in [0.29, 0.717) is 5.92 Å². The molecule has 0 amide bonds. The van der Waals surface area contributed by atoms with E-state index in [1.165, 1.54) is 43.8 Å². The molecule has 6 heteroatoms. The van der Waals surface area contributed by atoms with Crippen LogP contribution in [0.5, 0.6) is 0 Å². The van der Waals surface area contributed by atoms with E-state index in [0.717, 1.165) is 57.3 Å². The third-order valence-electron chi connectivity index (χ3n) is 10.9. The van der Waals surface area contributed by atoms with E-state index in [1.54, 1.807) is 0 Å². The van der Waals surface area contributed by atoms with E-state index < -0.39 is 16.1 Å². The molecule has 0 saturated heterocycles. The molecule has 0 N–H and O–H groups in total. The fourth-order valence-electron chi connectivity index (χ4n) is 7.96. The molecule has 5 aromatic carbocycles. The van der Waals surface area contributed by atoms with Crippen LogP contribution in [0.15, 0.2) is 138 Å². The molecule has 315 valence electrons. The second-order valence-electron chi connectivity index (χ2n) is 20.0. The fourth-order valence-corrected chi connectivity index (χ4v) is 10.7. The molecular formula is C55H60IrN2OSi2-2. The van der Waals surface area contributed by atoms with Crippen LogP contribution in [0, 0.1) is 23.5 Å². The van der Waals surface area contributed by atoms with Gasteiger partial charge in [-0.15, -0.1) is 53.6 Å². The normalized spacial score (nSPS) is 12.0. The van der Waals surface area contributed by atoms with Gasteiger partial charge in [0.1, 0.15) is 5.58 Å². The maximum atomic E-state index is 6.45. The molecule has 61 heavy (non-hydrogen) atoms. The topological polar surface area (TPSA) is 38.9 Å². The van der Waals surface area contributed by atoms with E-state index in [1.807, 2.05) is 24.4 Å². The number of rotatable bonds is 9. The third kappa shape index (κ3) is 11.2. The predicted molar refractivity (Wildman–Crippen MR) is 263 cm³/mol. The van der Waals surface area contributed by atoms with Crippen molar-refractivity contribution in [3.8, 4) is 44.8 Å². The summed E-state index contributed by atoms with van der Waals surface area (Å²) in [4.78, 5) is 9.49. The van der Waals surface area contributed by atoms with Gasteiger partial charge in [-0.3, -0.25) is 0 Å². The van der Waals surface area contributed by atoms with Gasteiger partial charge < -0.3 is 14.4 Å². The van der Waals surface area contributed by atoms with Crippen molar-refractivity contribution >= 4 is 48.5 Å². The number of hydrogen-bond donors (Lipinski definition) is 0. The Labute approximate surface area is 380 Å². The molecule has 0 unspecified atom stereocenters. The van der Waals surface area contributed by atoms with E-state index in [4.69, 9.17) is 9.40 Å². The number of aromatic nitrogens is 2. The van der Waals surface area contributed by atoms with E-state index in [-0.39, 0.29) is 25.5 Å². The van der Waals surface area contributed by atoms with Gasteiger partial charge in [-0.2, -0.15) is 0 Å². The second kappa shape index (κ2) is 18.7. The van der Waals surface area contributed by atoms with Gasteiger partial charge in [0.25, 0.3) is 0 Å². The third-order valence-corrected chi connectivity index (χ3v) is 15.1. The number of pyridine rings is 2. The van der Waals surface area contributed by atoms with Crippen molar-refractivity contribution in [2.45, 2.75) is 86.7 Å². The molecule has 3 nitrogen and oxygen atoms in total. The molecule has 0 aliphatic carbocycles. The number of nitrogens with zero attached hydrogens (tertiary/aromatic N) is 2. The van der Waals surface area contributed by atoms with Gasteiger partial charge in [0.15, 0.2) is 0 Å². The van der Waals surface area contributed by atoms with Gasteiger partial charge in [-0.25, -0.2) is 0 Å². The Kier molecular flexibility index (Phi) is 14.1. The van der Waals surface area contributed by atoms with Crippen molar-refractivity contribution in [2.24, 2.45) is 11.3 Å². The summed E-state index contributed by atoms with van der Waals surface area (Å²) in [5, 5.41) is 5.18. The molecule has 1 radical (unpaired) electrons. The summed E-state index contributed by atoms with van der Waals surface area (Å²) < 4.78 is 6.45. The van der Waals surface area contributed by atoms with Gasteiger partial charge in [-0.1, -0.05) is 180 Å². The zero-order valence-electron chi connectivity index (χ0n) is 37.8.